The van der Waals surface area contributed by atoms with Crippen LogP contribution in [0.25, 0.3) is 11.3 Å². The Morgan fingerprint density at radius 2 is 1.95 bits per heavy atom. The fourth-order valence-corrected chi connectivity index (χ4v) is 2.20. The molecule has 2 aromatic rings. The minimum absolute atomic E-state index is 0.392. The summed E-state index contributed by atoms with van der Waals surface area (Å²) in [7, 11) is 0. The molecule has 1 atom stereocenters. The summed E-state index contributed by atoms with van der Waals surface area (Å²) in [6.45, 7) is 6.27. The maximum absolute atomic E-state index is 11.3. The van der Waals surface area contributed by atoms with Gasteiger partial charge in [-0.05, 0) is 36.5 Å². The molecule has 0 bridgehead atoms. The second kappa shape index (κ2) is 5.31. The number of rotatable bonds is 4. The molecule has 0 radical (unpaired) electrons. The van der Waals surface area contributed by atoms with E-state index < -0.39 is 5.91 Å². The molecular formula is C16H20N2O. The van der Waals surface area contributed by atoms with Gasteiger partial charge in [0.15, 0.2) is 0 Å². The molecule has 1 amide bonds. The molecule has 2 rings (SSSR count). The van der Waals surface area contributed by atoms with E-state index in [4.69, 9.17) is 5.73 Å². The van der Waals surface area contributed by atoms with Crippen molar-refractivity contribution in [3.05, 3.63) is 47.2 Å². The van der Waals surface area contributed by atoms with Crippen LogP contribution in [0.1, 0.15) is 47.8 Å². The first kappa shape index (κ1) is 13.4. The van der Waals surface area contributed by atoms with Crippen molar-refractivity contribution in [2.24, 2.45) is 5.73 Å². The third-order valence-corrected chi connectivity index (χ3v) is 3.68. The molecule has 0 saturated carbocycles. The van der Waals surface area contributed by atoms with Crippen molar-refractivity contribution < 1.29 is 4.79 Å². The Balaban J connectivity index is 2.32. The molecule has 3 nitrogen and oxygen atoms in total. The van der Waals surface area contributed by atoms with Gasteiger partial charge in [0.1, 0.15) is 0 Å². The van der Waals surface area contributed by atoms with Crippen LogP contribution in [0.4, 0.5) is 0 Å². The molecule has 19 heavy (non-hydrogen) atoms. The van der Waals surface area contributed by atoms with Crippen molar-refractivity contribution >= 4 is 5.91 Å². The number of amides is 1. The lowest BCUT2D eigenvalue weighted by molar-refractivity contribution is 0.1000. The highest BCUT2D eigenvalue weighted by molar-refractivity contribution is 5.95. The Kier molecular flexibility index (Phi) is 3.74. The molecule has 1 unspecified atom stereocenters. The van der Waals surface area contributed by atoms with Gasteiger partial charge in [0, 0.05) is 11.4 Å². The number of nitrogens with two attached hydrogens (primary N) is 1. The molecule has 0 aliphatic rings. The monoisotopic (exact) mass is 256 g/mol. The minimum atomic E-state index is -0.392. The minimum Gasteiger partial charge on any atom is -0.366 e. The Morgan fingerprint density at radius 3 is 2.42 bits per heavy atom. The molecule has 3 heteroatoms. The number of hydrogen-bond acceptors (Lipinski definition) is 1. The average Bonchev–Trinajstić information content (AvgIpc) is 2.80. The number of carbonyl (C=O) groups is 1. The van der Waals surface area contributed by atoms with E-state index in [1.165, 1.54) is 5.56 Å². The SMILES string of the molecule is CCC(C)c1ccc(-c2cc(C(N)=O)c(C)[nH]2)cc1. The number of benzene rings is 1. The Labute approximate surface area is 113 Å². The molecule has 1 aromatic carbocycles. The topological polar surface area (TPSA) is 58.9 Å². The van der Waals surface area contributed by atoms with Crippen molar-refractivity contribution in [2.45, 2.75) is 33.1 Å². The summed E-state index contributed by atoms with van der Waals surface area (Å²) in [6.07, 6.45) is 1.13. The first-order valence-corrected chi connectivity index (χ1v) is 6.62. The van der Waals surface area contributed by atoms with Crippen LogP contribution < -0.4 is 5.73 Å². The van der Waals surface area contributed by atoms with Crippen LogP contribution in [0, 0.1) is 6.92 Å². The predicted molar refractivity (Wildman–Crippen MR) is 78.2 cm³/mol. The standard InChI is InChI=1S/C16H20N2O/c1-4-10(2)12-5-7-13(8-6-12)15-9-14(16(17)19)11(3)18-15/h5-10,18H,4H2,1-3H3,(H2,17,19). The van der Waals surface area contributed by atoms with Gasteiger partial charge in [-0.15, -0.1) is 0 Å². The van der Waals surface area contributed by atoms with E-state index in [1.54, 1.807) is 0 Å². The summed E-state index contributed by atoms with van der Waals surface area (Å²) in [6, 6.07) is 10.3. The van der Waals surface area contributed by atoms with Gasteiger partial charge in [-0.1, -0.05) is 38.1 Å². The highest BCUT2D eigenvalue weighted by Gasteiger charge is 2.11. The van der Waals surface area contributed by atoms with Crippen LogP contribution in [0.3, 0.4) is 0 Å². The lowest BCUT2D eigenvalue weighted by atomic mass is 9.97. The van der Waals surface area contributed by atoms with Gasteiger partial charge in [-0.3, -0.25) is 4.79 Å². The maximum Gasteiger partial charge on any atom is 0.250 e. The normalized spacial score (nSPS) is 12.4. The smallest absolute Gasteiger partial charge is 0.250 e. The number of primary amides is 1. The van der Waals surface area contributed by atoms with Crippen LogP contribution >= 0.6 is 0 Å². The lowest BCUT2D eigenvalue weighted by Crippen LogP contribution is -2.10. The van der Waals surface area contributed by atoms with Gasteiger partial charge in [0.05, 0.1) is 5.56 Å². The van der Waals surface area contributed by atoms with Crippen LogP contribution in [0.2, 0.25) is 0 Å². The lowest BCUT2D eigenvalue weighted by Gasteiger charge is -2.09. The maximum atomic E-state index is 11.3. The molecule has 1 aromatic heterocycles. The molecule has 100 valence electrons. The third-order valence-electron chi connectivity index (χ3n) is 3.68. The van der Waals surface area contributed by atoms with E-state index >= 15 is 0 Å². The van der Waals surface area contributed by atoms with Gasteiger partial charge >= 0.3 is 0 Å². The summed E-state index contributed by atoms with van der Waals surface area (Å²) < 4.78 is 0. The van der Waals surface area contributed by atoms with Gasteiger partial charge in [-0.2, -0.15) is 0 Å². The predicted octanol–water partition coefficient (Wildman–Crippen LogP) is 3.60. The number of carbonyl (C=O) groups excluding carboxylic acids is 1. The first-order valence-electron chi connectivity index (χ1n) is 6.62. The molecule has 0 aliphatic carbocycles. The number of H-pyrrole nitrogens is 1. The van der Waals surface area contributed by atoms with Crippen LogP contribution in [-0.2, 0) is 0 Å². The molecule has 0 aliphatic heterocycles. The first-order chi connectivity index (χ1) is 9.02. The van der Waals surface area contributed by atoms with E-state index in [0.29, 0.717) is 11.5 Å². The fourth-order valence-electron chi connectivity index (χ4n) is 2.20. The van der Waals surface area contributed by atoms with Gasteiger partial charge in [0.25, 0.3) is 5.91 Å². The summed E-state index contributed by atoms with van der Waals surface area (Å²) in [5.74, 6) is 0.178. The van der Waals surface area contributed by atoms with E-state index in [0.717, 1.165) is 23.4 Å². The zero-order valence-corrected chi connectivity index (χ0v) is 11.7. The molecule has 0 spiro atoms. The van der Waals surface area contributed by atoms with Crippen LogP contribution in [0.5, 0.6) is 0 Å². The Hall–Kier alpha value is -2.03. The molecule has 3 N–H and O–H groups in total. The van der Waals surface area contributed by atoms with Crippen LogP contribution in [-0.4, -0.2) is 10.9 Å². The fraction of sp³-hybridized carbons (Fsp3) is 0.312. The Morgan fingerprint density at radius 1 is 1.32 bits per heavy atom. The summed E-state index contributed by atoms with van der Waals surface area (Å²) in [5.41, 5.74) is 10.0. The molecule has 0 fully saturated rings. The van der Waals surface area contributed by atoms with Crippen molar-refractivity contribution in [2.75, 3.05) is 0 Å². The quantitative estimate of drug-likeness (QED) is 0.862. The van der Waals surface area contributed by atoms with Crippen molar-refractivity contribution in [3.63, 3.8) is 0 Å². The molecule has 0 saturated heterocycles. The number of aromatic amines is 1. The van der Waals surface area contributed by atoms with E-state index in [1.807, 2.05) is 13.0 Å². The van der Waals surface area contributed by atoms with Crippen LogP contribution in [0.15, 0.2) is 30.3 Å². The number of aryl methyl sites for hydroxylation is 1. The molecule has 1 heterocycles. The van der Waals surface area contributed by atoms with Gasteiger partial charge < -0.3 is 10.7 Å². The van der Waals surface area contributed by atoms with E-state index in [2.05, 4.69) is 43.1 Å². The summed E-state index contributed by atoms with van der Waals surface area (Å²) >= 11 is 0. The number of nitrogens with one attached hydrogen (secondary N) is 1. The van der Waals surface area contributed by atoms with Crippen molar-refractivity contribution in [1.82, 2.24) is 4.98 Å². The van der Waals surface area contributed by atoms with Gasteiger partial charge in [0.2, 0.25) is 0 Å². The second-order valence-electron chi connectivity index (χ2n) is 5.02. The van der Waals surface area contributed by atoms with Gasteiger partial charge in [-0.25, -0.2) is 0 Å². The highest BCUT2D eigenvalue weighted by atomic mass is 16.1. The number of aromatic nitrogens is 1. The van der Waals surface area contributed by atoms with E-state index in [9.17, 15) is 4.79 Å². The average molecular weight is 256 g/mol. The largest absolute Gasteiger partial charge is 0.366 e. The van der Waals surface area contributed by atoms with Crippen molar-refractivity contribution in [3.8, 4) is 11.3 Å². The second-order valence-corrected chi connectivity index (χ2v) is 5.02. The van der Waals surface area contributed by atoms with Crippen molar-refractivity contribution in [1.29, 1.82) is 0 Å². The third kappa shape index (κ3) is 2.70. The van der Waals surface area contributed by atoms with E-state index in [-0.39, 0.29) is 0 Å². The Bertz CT molecular complexity index is 581. The highest BCUT2D eigenvalue weighted by Crippen LogP contribution is 2.25. The summed E-state index contributed by atoms with van der Waals surface area (Å²) in [5, 5.41) is 0. The number of hydrogen-bond donors (Lipinski definition) is 2. The summed E-state index contributed by atoms with van der Waals surface area (Å²) in [4.78, 5) is 14.5. The zero-order chi connectivity index (χ0) is 14.0. The molecular weight excluding hydrogens is 236 g/mol. The zero-order valence-electron chi connectivity index (χ0n) is 11.7.